The molecule has 0 aromatic heterocycles. The van der Waals surface area contributed by atoms with Gasteiger partial charge in [-0.1, -0.05) is 12.2 Å². The molecule has 0 radical (unpaired) electrons. The lowest BCUT2D eigenvalue weighted by atomic mass is 9.64. The van der Waals surface area contributed by atoms with Gasteiger partial charge in [-0.05, 0) is 12.8 Å². The van der Waals surface area contributed by atoms with Gasteiger partial charge in [0.15, 0.2) is 0 Å². The summed E-state index contributed by atoms with van der Waals surface area (Å²) in [5, 5.41) is 0. The van der Waals surface area contributed by atoms with E-state index < -0.39 is 0 Å². The van der Waals surface area contributed by atoms with Crippen LogP contribution in [0.5, 0.6) is 0 Å². The van der Waals surface area contributed by atoms with Crippen LogP contribution < -0.4 is 0 Å². The first-order valence-electron chi connectivity index (χ1n) is 5.18. The Hall–Kier alpha value is -0.300. The van der Waals surface area contributed by atoms with Crippen LogP contribution >= 0.6 is 0 Å². The molecular weight excluding hydrogens is 146 g/mol. The molecule has 1 aliphatic carbocycles. The second-order valence-electron chi connectivity index (χ2n) is 5.47. The van der Waals surface area contributed by atoms with Crippen LogP contribution in [0.2, 0.25) is 0 Å². The first-order chi connectivity index (χ1) is 5.66. The summed E-state index contributed by atoms with van der Waals surface area (Å²) in [6.07, 6.45) is 2.92. The van der Waals surface area contributed by atoms with Crippen LogP contribution in [-0.4, -0.2) is 31.2 Å². The topological polar surface area (TPSA) is 0 Å². The van der Waals surface area contributed by atoms with E-state index in [-0.39, 0.29) is 0 Å². The molecule has 4 atom stereocenters. The zero-order valence-corrected chi connectivity index (χ0v) is 7.92. The lowest BCUT2D eigenvalue weighted by molar-refractivity contribution is -0.933. The Labute approximate surface area is 74.7 Å². The van der Waals surface area contributed by atoms with E-state index in [1.807, 2.05) is 0 Å². The Morgan fingerprint density at radius 2 is 1.75 bits per heavy atom. The molecule has 3 heterocycles. The van der Waals surface area contributed by atoms with E-state index in [0.29, 0.717) is 0 Å². The molecule has 0 aromatic rings. The molecule has 1 nitrogen and oxygen atoms in total. The van der Waals surface area contributed by atoms with Crippen LogP contribution in [0.4, 0.5) is 0 Å². The monoisotopic (exact) mass is 164 g/mol. The fraction of sp³-hybridized carbons (Fsp3) is 0.818. The van der Waals surface area contributed by atoms with Crippen LogP contribution in [0.1, 0.15) is 12.8 Å². The molecule has 2 unspecified atom stereocenters. The van der Waals surface area contributed by atoms with Crippen molar-refractivity contribution < 1.29 is 4.48 Å². The molecule has 0 N–H and O–H groups in total. The van der Waals surface area contributed by atoms with E-state index in [1.165, 1.54) is 37.0 Å². The highest BCUT2D eigenvalue weighted by Gasteiger charge is 2.50. The summed E-state index contributed by atoms with van der Waals surface area (Å²) in [6.45, 7) is 8.52. The second-order valence-corrected chi connectivity index (χ2v) is 5.47. The lowest BCUT2D eigenvalue weighted by Gasteiger charge is -2.57. The van der Waals surface area contributed by atoms with E-state index in [4.69, 9.17) is 0 Å². The number of hydrogen-bond acceptors (Lipinski definition) is 0. The maximum absolute atomic E-state index is 4.27. The maximum Gasteiger partial charge on any atom is 0.0851 e. The number of piperidine rings is 3. The maximum atomic E-state index is 4.27. The van der Waals surface area contributed by atoms with Gasteiger partial charge in [-0.25, -0.2) is 0 Å². The molecule has 66 valence electrons. The summed E-state index contributed by atoms with van der Waals surface area (Å²) in [7, 11) is 2.44. The van der Waals surface area contributed by atoms with Gasteiger partial charge in [0.1, 0.15) is 0 Å². The normalized spacial score (nSPS) is 56.4. The summed E-state index contributed by atoms with van der Waals surface area (Å²) < 4.78 is 1.36. The van der Waals surface area contributed by atoms with Crippen molar-refractivity contribution in [1.82, 2.24) is 0 Å². The third kappa shape index (κ3) is 0.779. The predicted molar refractivity (Wildman–Crippen MR) is 49.6 cm³/mol. The van der Waals surface area contributed by atoms with Gasteiger partial charge in [0.25, 0.3) is 0 Å². The van der Waals surface area contributed by atoms with Crippen molar-refractivity contribution in [2.75, 3.05) is 26.7 Å². The van der Waals surface area contributed by atoms with Gasteiger partial charge >= 0.3 is 0 Å². The molecule has 12 heavy (non-hydrogen) atoms. The minimum Gasteiger partial charge on any atom is -0.325 e. The number of quaternary nitrogens is 1. The van der Waals surface area contributed by atoms with E-state index >= 15 is 0 Å². The highest BCUT2D eigenvalue weighted by atomic mass is 15.4. The molecule has 0 amide bonds. The minimum absolute atomic E-state index is 0.890. The summed E-state index contributed by atoms with van der Waals surface area (Å²) in [5.74, 6) is 2.82. The number of rotatable bonds is 0. The van der Waals surface area contributed by atoms with Crippen molar-refractivity contribution >= 4 is 0 Å². The minimum atomic E-state index is 0.890. The zero-order chi connectivity index (χ0) is 8.34. The summed E-state index contributed by atoms with van der Waals surface area (Å²) >= 11 is 0. The van der Waals surface area contributed by atoms with Gasteiger partial charge in [-0.15, -0.1) is 0 Å². The molecule has 4 bridgehead atoms. The average molecular weight is 164 g/mol. The van der Waals surface area contributed by atoms with E-state index in [0.717, 1.165) is 17.8 Å². The average Bonchev–Trinajstić information content (AvgIpc) is 1.96. The summed E-state index contributed by atoms with van der Waals surface area (Å²) in [4.78, 5) is 0. The molecule has 4 rings (SSSR count). The van der Waals surface area contributed by atoms with Crippen molar-refractivity contribution in [1.29, 1.82) is 0 Å². The van der Waals surface area contributed by atoms with Gasteiger partial charge in [0.2, 0.25) is 0 Å². The number of nitrogens with zero attached hydrogens (tertiary/aromatic N) is 1. The Bertz CT molecular complexity index is 225. The van der Waals surface area contributed by atoms with Crippen LogP contribution in [-0.2, 0) is 0 Å². The first-order valence-corrected chi connectivity index (χ1v) is 5.18. The van der Waals surface area contributed by atoms with Crippen molar-refractivity contribution in [3.8, 4) is 0 Å². The van der Waals surface area contributed by atoms with Crippen molar-refractivity contribution in [2.45, 2.75) is 12.8 Å². The van der Waals surface area contributed by atoms with Crippen molar-refractivity contribution in [3.05, 3.63) is 12.2 Å². The van der Waals surface area contributed by atoms with Crippen molar-refractivity contribution in [2.24, 2.45) is 17.8 Å². The summed E-state index contributed by atoms with van der Waals surface area (Å²) in [5.41, 5.74) is 1.60. The van der Waals surface area contributed by atoms with Crippen molar-refractivity contribution in [3.63, 3.8) is 0 Å². The molecular formula is C11H18N+. The van der Waals surface area contributed by atoms with Crippen LogP contribution in [0, 0.1) is 17.8 Å². The third-order valence-corrected chi connectivity index (χ3v) is 4.31. The number of hydrogen-bond donors (Lipinski definition) is 0. The van der Waals surface area contributed by atoms with Gasteiger partial charge in [0, 0.05) is 17.8 Å². The molecule has 4 aliphatic rings. The van der Waals surface area contributed by atoms with Gasteiger partial charge in [-0.3, -0.25) is 0 Å². The molecule has 4 fully saturated rings. The van der Waals surface area contributed by atoms with E-state index in [2.05, 4.69) is 13.6 Å². The molecule has 0 aromatic carbocycles. The molecule has 1 saturated carbocycles. The lowest BCUT2D eigenvalue weighted by Crippen LogP contribution is -2.64. The predicted octanol–water partition coefficient (Wildman–Crippen LogP) is 1.66. The Balaban J connectivity index is 2.00. The van der Waals surface area contributed by atoms with Crippen LogP contribution in [0.3, 0.4) is 0 Å². The quantitative estimate of drug-likeness (QED) is 0.377. The Kier molecular flexibility index (Phi) is 1.16. The van der Waals surface area contributed by atoms with Gasteiger partial charge < -0.3 is 4.48 Å². The SMILES string of the molecule is C=C1[C@@H]2CC3C[C@H]1C[N+](C)(C3)C2. The smallest absolute Gasteiger partial charge is 0.0851 e. The molecule has 3 saturated heterocycles. The highest BCUT2D eigenvalue weighted by Crippen LogP contribution is 2.48. The fourth-order valence-corrected chi connectivity index (χ4v) is 3.98. The highest BCUT2D eigenvalue weighted by molar-refractivity contribution is 5.14. The summed E-state index contributed by atoms with van der Waals surface area (Å²) in [6, 6.07) is 0. The first kappa shape index (κ1) is 7.14. The zero-order valence-electron chi connectivity index (χ0n) is 7.92. The standard InChI is InChI=1S/C11H18N/c1-8-10-3-9-4-11(8)7-12(2,5-9)6-10/h9-11H,1,3-7H2,2H3/q+1/t9?,10-,11+,12?. The molecule has 0 spiro atoms. The fourth-order valence-electron chi connectivity index (χ4n) is 3.98. The molecule has 1 heteroatoms. The largest absolute Gasteiger partial charge is 0.325 e. The van der Waals surface area contributed by atoms with E-state index in [1.54, 1.807) is 5.57 Å². The third-order valence-electron chi connectivity index (χ3n) is 4.31. The second kappa shape index (κ2) is 1.95. The van der Waals surface area contributed by atoms with Crippen LogP contribution in [0.15, 0.2) is 12.2 Å². The van der Waals surface area contributed by atoms with Crippen LogP contribution in [0.25, 0.3) is 0 Å². The van der Waals surface area contributed by atoms with Gasteiger partial charge in [0.05, 0.1) is 26.7 Å². The van der Waals surface area contributed by atoms with Gasteiger partial charge in [-0.2, -0.15) is 0 Å². The van der Waals surface area contributed by atoms with E-state index in [9.17, 15) is 0 Å². The Morgan fingerprint density at radius 1 is 1.17 bits per heavy atom. The molecule has 3 aliphatic heterocycles. The Morgan fingerprint density at radius 3 is 2.25 bits per heavy atom.